The summed E-state index contributed by atoms with van der Waals surface area (Å²) in [7, 11) is 2.02. The van der Waals surface area contributed by atoms with Gasteiger partial charge in [-0.05, 0) is 18.5 Å². The van der Waals surface area contributed by atoms with Crippen LogP contribution in [0.4, 0.5) is 0 Å². The van der Waals surface area contributed by atoms with Gasteiger partial charge in [-0.25, -0.2) is 4.98 Å². The van der Waals surface area contributed by atoms with E-state index in [1.807, 2.05) is 18.6 Å². The van der Waals surface area contributed by atoms with E-state index in [4.69, 9.17) is 0 Å². The average molecular weight is 246 g/mol. The van der Waals surface area contributed by atoms with Crippen LogP contribution >= 0.6 is 11.3 Å². The summed E-state index contributed by atoms with van der Waals surface area (Å²) in [5, 5.41) is 6.66. The standard InChI is InChI=1S/C14H18N2S/c1-11(10-13-16-8-9-17-13)14(15-2)12-6-4-3-5-7-12/h3-9,11,14-15H,10H2,1-2H3. The molecule has 17 heavy (non-hydrogen) atoms. The summed E-state index contributed by atoms with van der Waals surface area (Å²) in [5.74, 6) is 0.536. The third-order valence-corrected chi connectivity index (χ3v) is 3.82. The van der Waals surface area contributed by atoms with Gasteiger partial charge in [-0.3, -0.25) is 0 Å². The van der Waals surface area contributed by atoms with Crippen molar-refractivity contribution < 1.29 is 0 Å². The maximum atomic E-state index is 4.36. The number of benzene rings is 1. The van der Waals surface area contributed by atoms with Crippen molar-refractivity contribution in [2.24, 2.45) is 5.92 Å². The number of rotatable bonds is 5. The molecule has 3 heteroatoms. The molecule has 0 aliphatic carbocycles. The summed E-state index contributed by atoms with van der Waals surface area (Å²) in [5.41, 5.74) is 1.35. The molecule has 1 aromatic carbocycles. The lowest BCUT2D eigenvalue weighted by molar-refractivity contribution is 0.408. The largest absolute Gasteiger partial charge is 0.313 e. The number of nitrogens with zero attached hydrogens (tertiary/aromatic N) is 1. The fraction of sp³-hybridized carbons (Fsp3) is 0.357. The van der Waals surface area contributed by atoms with E-state index in [1.165, 1.54) is 10.6 Å². The Morgan fingerprint density at radius 1 is 1.29 bits per heavy atom. The summed E-state index contributed by atoms with van der Waals surface area (Å²) >= 11 is 1.74. The second kappa shape index (κ2) is 5.94. The van der Waals surface area contributed by atoms with Crippen LogP contribution in [0.1, 0.15) is 23.5 Å². The van der Waals surface area contributed by atoms with Gasteiger partial charge in [-0.2, -0.15) is 0 Å². The van der Waals surface area contributed by atoms with E-state index in [9.17, 15) is 0 Å². The minimum Gasteiger partial charge on any atom is -0.313 e. The highest BCUT2D eigenvalue weighted by Gasteiger charge is 2.18. The lowest BCUT2D eigenvalue weighted by Crippen LogP contribution is -2.24. The maximum Gasteiger partial charge on any atom is 0.0928 e. The second-order valence-corrected chi connectivity index (χ2v) is 5.26. The fourth-order valence-electron chi connectivity index (χ4n) is 2.19. The molecule has 2 aromatic rings. The molecule has 0 aliphatic heterocycles. The van der Waals surface area contributed by atoms with E-state index >= 15 is 0 Å². The van der Waals surface area contributed by atoms with Gasteiger partial charge in [0, 0.05) is 24.0 Å². The zero-order valence-electron chi connectivity index (χ0n) is 10.3. The molecule has 2 atom stereocenters. The van der Waals surface area contributed by atoms with Crippen molar-refractivity contribution in [2.75, 3.05) is 7.05 Å². The Balaban J connectivity index is 2.08. The molecule has 0 spiro atoms. The Morgan fingerprint density at radius 2 is 2.06 bits per heavy atom. The van der Waals surface area contributed by atoms with Crippen molar-refractivity contribution in [3.63, 3.8) is 0 Å². The molecule has 2 nitrogen and oxygen atoms in total. The number of hydrogen-bond acceptors (Lipinski definition) is 3. The lowest BCUT2D eigenvalue weighted by atomic mass is 9.92. The molecule has 1 N–H and O–H groups in total. The Kier molecular flexibility index (Phi) is 4.29. The van der Waals surface area contributed by atoms with E-state index in [0.717, 1.165) is 6.42 Å². The first-order chi connectivity index (χ1) is 8.31. The summed E-state index contributed by atoms with van der Waals surface area (Å²) in [6.45, 7) is 2.27. The second-order valence-electron chi connectivity index (χ2n) is 4.28. The molecule has 0 aliphatic rings. The fourth-order valence-corrected chi connectivity index (χ4v) is 2.95. The van der Waals surface area contributed by atoms with Gasteiger partial charge in [-0.1, -0.05) is 37.3 Å². The van der Waals surface area contributed by atoms with Gasteiger partial charge in [0.1, 0.15) is 0 Å². The van der Waals surface area contributed by atoms with Crippen LogP contribution in [-0.4, -0.2) is 12.0 Å². The molecule has 0 saturated heterocycles. The third kappa shape index (κ3) is 3.14. The number of thiazole rings is 1. The van der Waals surface area contributed by atoms with Gasteiger partial charge in [0.2, 0.25) is 0 Å². The minimum atomic E-state index is 0.389. The van der Waals surface area contributed by atoms with Crippen LogP contribution in [0.25, 0.3) is 0 Å². The monoisotopic (exact) mass is 246 g/mol. The zero-order valence-corrected chi connectivity index (χ0v) is 11.1. The van der Waals surface area contributed by atoms with E-state index in [-0.39, 0.29) is 0 Å². The molecule has 2 rings (SSSR count). The molecule has 90 valence electrons. The lowest BCUT2D eigenvalue weighted by Gasteiger charge is -2.23. The molecule has 0 bridgehead atoms. The van der Waals surface area contributed by atoms with E-state index in [0.29, 0.717) is 12.0 Å². The topological polar surface area (TPSA) is 24.9 Å². The minimum absolute atomic E-state index is 0.389. The predicted octanol–water partition coefficient (Wildman–Crippen LogP) is 3.28. The zero-order chi connectivity index (χ0) is 12.1. The molecular weight excluding hydrogens is 228 g/mol. The van der Waals surface area contributed by atoms with E-state index in [2.05, 4.69) is 47.6 Å². The Morgan fingerprint density at radius 3 is 2.65 bits per heavy atom. The highest BCUT2D eigenvalue weighted by atomic mass is 32.1. The summed E-state index contributed by atoms with van der Waals surface area (Å²) < 4.78 is 0. The quantitative estimate of drug-likeness (QED) is 0.875. The van der Waals surface area contributed by atoms with Crippen molar-refractivity contribution in [2.45, 2.75) is 19.4 Å². The Hall–Kier alpha value is -1.19. The molecule has 0 radical (unpaired) electrons. The molecule has 1 aromatic heterocycles. The van der Waals surface area contributed by atoms with Crippen LogP contribution in [0.5, 0.6) is 0 Å². The Labute approximate surface area is 107 Å². The number of aromatic nitrogens is 1. The van der Waals surface area contributed by atoms with Crippen molar-refractivity contribution in [1.29, 1.82) is 0 Å². The number of hydrogen-bond donors (Lipinski definition) is 1. The molecule has 0 saturated carbocycles. The van der Waals surface area contributed by atoms with Crippen LogP contribution in [0.3, 0.4) is 0 Å². The number of nitrogens with one attached hydrogen (secondary N) is 1. The molecule has 0 amide bonds. The van der Waals surface area contributed by atoms with Gasteiger partial charge in [0.15, 0.2) is 0 Å². The summed E-state index contributed by atoms with van der Waals surface area (Å²) in [6, 6.07) is 11.0. The van der Waals surface area contributed by atoms with Gasteiger partial charge in [0.05, 0.1) is 5.01 Å². The van der Waals surface area contributed by atoms with Crippen molar-refractivity contribution in [3.05, 3.63) is 52.5 Å². The van der Waals surface area contributed by atoms with Crippen LogP contribution in [0.2, 0.25) is 0 Å². The van der Waals surface area contributed by atoms with Crippen LogP contribution in [0, 0.1) is 5.92 Å². The van der Waals surface area contributed by atoms with Gasteiger partial charge >= 0.3 is 0 Å². The van der Waals surface area contributed by atoms with Crippen molar-refractivity contribution in [1.82, 2.24) is 10.3 Å². The van der Waals surface area contributed by atoms with Crippen LogP contribution < -0.4 is 5.32 Å². The summed E-state index contributed by atoms with van der Waals surface area (Å²) in [4.78, 5) is 4.36. The Bertz CT molecular complexity index is 425. The average Bonchev–Trinajstić information content (AvgIpc) is 2.84. The maximum absolute atomic E-state index is 4.36. The van der Waals surface area contributed by atoms with Gasteiger partial charge < -0.3 is 5.32 Å². The van der Waals surface area contributed by atoms with E-state index in [1.54, 1.807) is 11.3 Å². The highest BCUT2D eigenvalue weighted by molar-refractivity contribution is 7.09. The smallest absolute Gasteiger partial charge is 0.0928 e. The van der Waals surface area contributed by atoms with Crippen LogP contribution in [-0.2, 0) is 6.42 Å². The first kappa shape index (κ1) is 12.3. The van der Waals surface area contributed by atoms with Gasteiger partial charge in [-0.15, -0.1) is 11.3 Å². The van der Waals surface area contributed by atoms with Crippen molar-refractivity contribution >= 4 is 11.3 Å². The summed E-state index contributed by atoms with van der Waals surface area (Å²) in [6.07, 6.45) is 2.90. The van der Waals surface area contributed by atoms with Crippen molar-refractivity contribution in [3.8, 4) is 0 Å². The first-order valence-electron chi connectivity index (χ1n) is 5.92. The molecule has 2 unspecified atom stereocenters. The van der Waals surface area contributed by atoms with Gasteiger partial charge in [0.25, 0.3) is 0 Å². The first-order valence-corrected chi connectivity index (χ1v) is 6.80. The SMILES string of the molecule is CNC(c1ccccc1)C(C)Cc1nccs1. The molecule has 1 heterocycles. The van der Waals surface area contributed by atoms with E-state index < -0.39 is 0 Å². The third-order valence-electron chi connectivity index (χ3n) is 3.02. The molecular formula is C14H18N2S. The predicted molar refractivity (Wildman–Crippen MR) is 73.2 cm³/mol. The van der Waals surface area contributed by atoms with Crippen LogP contribution in [0.15, 0.2) is 41.9 Å². The highest BCUT2D eigenvalue weighted by Crippen LogP contribution is 2.25. The normalized spacial score (nSPS) is 14.5. The molecule has 0 fully saturated rings.